The van der Waals surface area contributed by atoms with Crippen LogP contribution in [0, 0.1) is 22.7 Å². The zero-order valence-corrected chi connectivity index (χ0v) is 20.2. The maximum absolute atomic E-state index is 12.6. The van der Waals surface area contributed by atoms with Gasteiger partial charge in [-0.15, -0.1) is 16.4 Å². The summed E-state index contributed by atoms with van der Waals surface area (Å²) >= 11 is 2.85. The molecule has 0 saturated heterocycles. The first-order chi connectivity index (χ1) is 15.3. The molecule has 1 aliphatic carbocycles. The van der Waals surface area contributed by atoms with Crippen LogP contribution < -0.4 is 5.32 Å². The summed E-state index contributed by atoms with van der Waals surface area (Å²) in [7, 11) is 0. The molecule has 1 aromatic carbocycles. The number of aromatic amines is 1. The summed E-state index contributed by atoms with van der Waals surface area (Å²) in [5.41, 5.74) is 3.15. The number of nitrogens with one attached hydrogen (secondary N) is 2. The van der Waals surface area contributed by atoms with E-state index in [1.807, 2.05) is 30.3 Å². The number of H-pyrrole nitrogens is 1. The second-order valence-corrected chi connectivity index (χ2v) is 11.2. The number of hydrogen-bond donors (Lipinski definition) is 2. The molecule has 1 amide bonds. The fraction of sp³-hybridized carbons (Fsp3) is 0.417. The van der Waals surface area contributed by atoms with Crippen LogP contribution in [-0.4, -0.2) is 26.8 Å². The fourth-order valence-electron chi connectivity index (χ4n) is 4.03. The molecule has 2 heterocycles. The highest BCUT2D eigenvalue weighted by molar-refractivity contribution is 7.99. The molecular formula is C24H27N5OS2. The van der Waals surface area contributed by atoms with Gasteiger partial charge in [0.05, 0.1) is 11.3 Å². The van der Waals surface area contributed by atoms with Crippen LogP contribution in [0.1, 0.15) is 54.6 Å². The number of hydrogen-bond acceptors (Lipinski definition) is 6. The van der Waals surface area contributed by atoms with Gasteiger partial charge >= 0.3 is 0 Å². The van der Waals surface area contributed by atoms with Crippen LogP contribution in [0.25, 0.3) is 0 Å². The van der Waals surface area contributed by atoms with E-state index in [4.69, 9.17) is 0 Å². The molecule has 2 N–H and O–H groups in total. The van der Waals surface area contributed by atoms with Crippen LogP contribution in [-0.2, 0) is 24.1 Å². The number of anilines is 1. The highest BCUT2D eigenvalue weighted by atomic mass is 32.2. The monoisotopic (exact) mass is 465 g/mol. The van der Waals surface area contributed by atoms with E-state index in [1.54, 1.807) is 11.3 Å². The standard InChI is InChI=1S/C24H27N5OS2/c1-24(2,3)16-9-10-17-18(13-25)22(32-19(17)12-16)27-21(30)14-31-23-26-20(28-29-23)11-15-7-5-4-6-8-15/h4-8,16H,9-12,14H2,1-3H3,(H,27,30)(H,26,28,29)/t16-/m0/s1. The summed E-state index contributed by atoms with van der Waals surface area (Å²) < 4.78 is 0. The van der Waals surface area contributed by atoms with E-state index in [-0.39, 0.29) is 17.1 Å². The largest absolute Gasteiger partial charge is 0.316 e. The number of carbonyl (C=O) groups excluding carboxylic acids is 1. The number of carbonyl (C=O) groups is 1. The van der Waals surface area contributed by atoms with Gasteiger partial charge in [0, 0.05) is 11.3 Å². The van der Waals surface area contributed by atoms with Gasteiger partial charge in [-0.2, -0.15) is 5.26 Å². The van der Waals surface area contributed by atoms with Crippen molar-refractivity contribution in [1.82, 2.24) is 15.2 Å². The van der Waals surface area contributed by atoms with Gasteiger partial charge in [-0.3, -0.25) is 9.89 Å². The lowest BCUT2D eigenvalue weighted by Crippen LogP contribution is -2.26. The van der Waals surface area contributed by atoms with Crippen LogP contribution in [0.15, 0.2) is 35.5 Å². The number of thiophene rings is 1. The van der Waals surface area contributed by atoms with Crippen LogP contribution >= 0.6 is 23.1 Å². The Bertz CT molecular complexity index is 1140. The van der Waals surface area contributed by atoms with Gasteiger partial charge < -0.3 is 5.32 Å². The molecule has 0 radical (unpaired) electrons. The number of benzene rings is 1. The molecular weight excluding hydrogens is 438 g/mol. The second kappa shape index (κ2) is 9.47. The van der Waals surface area contributed by atoms with Crippen molar-refractivity contribution in [2.75, 3.05) is 11.1 Å². The zero-order valence-electron chi connectivity index (χ0n) is 18.6. The molecule has 6 nitrogen and oxygen atoms in total. The molecule has 0 fully saturated rings. The Hall–Kier alpha value is -2.63. The Morgan fingerprint density at radius 1 is 1.34 bits per heavy atom. The van der Waals surface area contributed by atoms with E-state index >= 15 is 0 Å². The van der Waals surface area contributed by atoms with Crippen molar-refractivity contribution in [3.8, 4) is 6.07 Å². The van der Waals surface area contributed by atoms with E-state index in [2.05, 4.69) is 47.3 Å². The van der Waals surface area contributed by atoms with Crippen molar-refractivity contribution in [2.24, 2.45) is 11.3 Å². The Kier molecular flexibility index (Phi) is 6.68. The lowest BCUT2D eigenvalue weighted by Gasteiger charge is -2.33. The Balaban J connectivity index is 1.36. The number of fused-ring (bicyclic) bond motifs is 1. The fourth-order valence-corrected chi connectivity index (χ4v) is 5.95. The molecule has 2 aromatic heterocycles. The average molecular weight is 466 g/mol. The number of thioether (sulfide) groups is 1. The smallest absolute Gasteiger partial charge is 0.235 e. The maximum Gasteiger partial charge on any atom is 0.235 e. The van der Waals surface area contributed by atoms with E-state index < -0.39 is 0 Å². The molecule has 166 valence electrons. The first-order valence-corrected chi connectivity index (χ1v) is 12.6. The Morgan fingerprint density at radius 2 is 2.12 bits per heavy atom. The first-order valence-electron chi connectivity index (χ1n) is 10.8. The molecule has 4 rings (SSSR count). The molecule has 0 aliphatic heterocycles. The summed E-state index contributed by atoms with van der Waals surface area (Å²) in [6.07, 6.45) is 3.64. The van der Waals surface area contributed by atoms with Crippen LogP contribution in [0.5, 0.6) is 0 Å². The van der Waals surface area contributed by atoms with Crippen molar-refractivity contribution in [2.45, 2.75) is 51.6 Å². The minimum atomic E-state index is -0.146. The van der Waals surface area contributed by atoms with E-state index in [0.29, 0.717) is 28.1 Å². The van der Waals surface area contributed by atoms with Gasteiger partial charge in [0.1, 0.15) is 16.9 Å². The minimum absolute atomic E-state index is 0.146. The highest BCUT2D eigenvalue weighted by Gasteiger charge is 2.32. The van der Waals surface area contributed by atoms with Gasteiger partial charge in [0.15, 0.2) is 0 Å². The number of amides is 1. The van der Waals surface area contributed by atoms with E-state index in [9.17, 15) is 10.1 Å². The molecule has 1 atom stereocenters. The minimum Gasteiger partial charge on any atom is -0.316 e. The first kappa shape index (κ1) is 22.6. The van der Waals surface area contributed by atoms with Crippen molar-refractivity contribution < 1.29 is 4.79 Å². The lowest BCUT2D eigenvalue weighted by molar-refractivity contribution is -0.113. The zero-order chi connectivity index (χ0) is 22.7. The van der Waals surface area contributed by atoms with E-state index in [0.717, 1.165) is 36.2 Å². The number of nitrogens with zero attached hydrogens (tertiary/aromatic N) is 3. The Labute approximate surface area is 196 Å². The van der Waals surface area contributed by atoms with Crippen LogP contribution in [0.3, 0.4) is 0 Å². The molecule has 0 spiro atoms. The predicted octanol–water partition coefficient (Wildman–Crippen LogP) is 5.21. The highest BCUT2D eigenvalue weighted by Crippen LogP contribution is 2.44. The quantitative estimate of drug-likeness (QED) is 0.487. The maximum atomic E-state index is 12.6. The summed E-state index contributed by atoms with van der Waals surface area (Å²) in [5.74, 6) is 1.41. The third-order valence-corrected chi connectivity index (χ3v) is 7.93. The van der Waals surface area contributed by atoms with Crippen molar-refractivity contribution >= 4 is 34.0 Å². The van der Waals surface area contributed by atoms with Gasteiger partial charge in [0.2, 0.25) is 11.1 Å². The summed E-state index contributed by atoms with van der Waals surface area (Å²) in [5, 5.41) is 21.0. The van der Waals surface area contributed by atoms with Gasteiger partial charge in [-0.05, 0) is 41.7 Å². The SMILES string of the molecule is CC(C)(C)[C@H]1CCc2c(sc(NC(=O)CSc3n[nH]c(Cc4ccccc4)n3)c2C#N)C1. The molecule has 0 saturated carbocycles. The third-order valence-electron chi connectivity index (χ3n) is 5.91. The molecule has 32 heavy (non-hydrogen) atoms. The molecule has 0 unspecified atom stereocenters. The molecule has 0 bridgehead atoms. The van der Waals surface area contributed by atoms with E-state index in [1.165, 1.54) is 16.6 Å². The third kappa shape index (κ3) is 5.22. The van der Waals surface area contributed by atoms with Crippen LogP contribution in [0.4, 0.5) is 5.00 Å². The Morgan fingerprint density at radius 3 is 2.84 bits per heavy atom. The molecule has 3 aromatic rings. The normalized spacial score (nSPS) is 15.8. The summed E-state index contributed by atoms with van der Waals surface area (Å²) in [6, 6.07) is 12.4. The summed E-state index contributed by atoms with van der Waals surface area (Å²) in [4.78, 5) is 18.3. The molecule has 8 heteroatoms. The average Bonchev–Trinajstić information content (AvgIpc) is 3.35. The van der Waals surface area contributed by atoms with Gasteiger partial charge in [-0.1, -0.05) is 62.9 Å². The van der Waals surface area contributed by atoms with Crippen LogP contribution in [0.2, 0.25) is 0 Å². The van der Waals surface area contributed by atoms with Crippen molar-refractivity contribution in [3.63, 3.8) is 0 Å². The van der Waals surface area contributed by atoms with Crippen molar-refractivity contribution in [3.05, 3.63) is 57.7 Å². The number of rotatable bonds is 6. The van der Waals surface area contributed by atoms with Gasteiger partial charge in [0.25, 0.3) is 0 Å². The lowest BCUT2D eigenvalue weighted by atomic mass is 9.72. The number of aromatic nitrogens is 3. The summed E-state index contributed by atoms with van der Waals surface area (Å²) in [6.45, 7) is 6.82. The second-order valence-electron chi connectivity index (χ2n) is 9.19. The van der Waals surface area contributed by atoms with Gasteiger partial charge in [-0.25, -0.2) is 4.98 Å². The topological polar surface area (TPSA) is 94.5 Å². The molecule has 1 aliphatic rings. The van der Waals surface area contributed by atoms with Crippen molar-refractivity contribution in [1.29, 1.82) is 5.26 Å². The number of nitriles is 1. The predicted molar refractivity (Wildman–Crippen MR) is 129 cm³/mol.